The third-order valence-electron chi connectivity index (χ3n) is 5.07. The normalized spacial score (nSPS) is 18.1. The number of anilines is 2. The largest absolute Gasteiger partial charge is 0.478 e. The number of nitrogens with zero attached hydrogens (tertiary/aromatic N) is 3. The smallest absolute Gasteiger partial charge is 0.337 e. The van der Waals surface area contributed by atoms with Gasteiger partial charge in [-0.15, -0.1) is 0 Å². The van der Waals surface area contributed by atoms with E-state index in [1.165, 1.54) is 17.1 Å². The molecule has 4 rings (SSSR count). The monoisotopic (exact) mass is 425 g/mol. The Hall–Kier alpha value is -3.16. The fraction of sp³-hybridized carbons (Fsp3) is 0.227. The molecule has 2 aromatic carbocycles. The number of aromatic carboxylic acids is 1. The molecule has 0 spiro atoms. The molecule has 8 heteroatoms. The summed E-state index contributed by atoms with van der Waals surface area (Å²) in [6, 6.07) is 12.4. The summed E-state index contributed by atoms with van der Waals surface area (Å²) in [5.74, 6) is -1.48. The molecule has 0 saturated carbocycles. The highest BCUT2D eigenvalue weighted by atomic mass is 35.5. The van der Waals surface area contributed by atoms with Crippen molar-refractivity contribution in [3.8, 4) is 0 Å². The predicted octanol–water partition coefficient (Wildman–Crippen LogP) is 3.68. The fourth-order valence-corrected chi connectivity index (χ4v) is 3.64. The molecule has 2 heterocycles. The van der Waals surface area contributed by atoms with Crippen molar-refractivity contribution in [1.29, 1.82) is 0 Å². The Bertz CT molecular complexity index is 1060. The van der Waals surface area contributed by atoms with Crippen LogP contribution in [0.4, 0.5) is 11.4 Å². The van der Waals surface area contributed by atoms with Crippen LogP contribution in [0.5, 0.6) is 0 Å². The Balaban J connectivity index is 1.57. The van der Waals surface area contributed by atoms with Gasteiger partial charge < -0.3 is 14.7 Å². The van der Waals surface area contributed by atoms with Crippen molar-refractivity contribution < 1.29 is 19.4 Å². The number of amides is 1. The van der Waals surface area contributed by atoms with Crippen LogP contribution in [0.1, 0.15) is 22.8 Å². The van der Waals surface area contributed by atoms with E-state index in [1.807, 2.05) is 24.3 Å². The van der Waals surface area contributed by atoms with Crippen LogP contribution in [0.2, 0.25) is 5.02 Å². The molecule has 0 atom stereocenters. The van der Waals surface area contributed by atoms with E-state index < -0.39 is 5.97 Å². The number of halogens is 1. The molecule has 2 aromatic rings. The molecule has 1 saturated heterocycles. The van der Waals surface area contributed by atoms with Crippen molar-refractivity contribution in [3.05, 3.63) is 64.2 Å². The van der Waals surface area contributed by atoms with Gasteiger partial charge >= 0.3 is 5.97 Å². The van der Waals surface area contributed by atoms with Gasteiger partial charge in [0.25, 0.3) is 5.91 Å². The van der Waals surface area contributed by atoms with E-state index in [0.717, 1.165) is 37.6 Å². The van der Waals surface area contributed by atoms with Crippen molar-refractivity contribution in [2.24, 2.45) is 5.10 Å². The highest BCUT2D eigenvalue weighted by Gasteiger charge is 2.29. The van der Waals surface area contributed by atoms with Crippen molar-refractivity contribution in [1.82, 2.24) is 0 Å². The molecule has 1 N–H and O–H groups in total. The lowest BCUT2D eigenvalue weighted by Gasteiger charge is -2.28. The molecule has 2 aliphatic rings. The Labute approximate surface area is 178 Å². The molecule has 7 nitrogen and oxygen atoms in total. The number of carboxylic acids is 1. The first kappa shape index (κ1) is 20.1. The van der Waals surface area contributed by atoms with E-state index >= 15 is 0 Å². The zero-order valence-electron chi connectivity index (χ0n) is 16.3. The summed E-state index contributed by atoms with van der Waals surface area (Å²) in [6.45, 7) is 4.91. The van der Waals surface area contributed by atoms with E-state index in [9.17, 15) is 14.7 Å². The van der Waals surface area contributed by atoms with Crippen LogP contribution in [0.3, 0.4) is 0 Å². The standard InChI is InChI=1S/C22H20ClN3O4/c1-14-18(12-15-2-4-16(5-3-15)25-8-10-30-11-9-25)21(27)26(24-14)17-6-7-20(23)19(13-17)22(28)29/h2-7,12-13H,8-11H2,1H3,(H,28,29)/b18-12+. The minimum absolute atomic E-state index is 0.0778. The molecule has 30 heavy (non-hydrogen) atoms. The first-order valence-electron chi connectivity index (χ1n) is 9.51. The number of ether oxygens (including phenoxy) is 1. The number of carbonyl (C=O) groups is 2. The number of hydrogen-bond donors (Lipinski definition) is 1. The maximum atomic E-state index is 12.9. The average Bonchev–Trinajstić information content (AvgIpc) is 3.03. The average molecular weight is 426 g/mol. The summed E-state index contributed by atoms with van der Waals surface area (Å²) >= 11 is 5.93. The summed E-state index contributed by atoms with van der Waals surface area (Å²) in [4.78, 5) is 26.5. The molecule has 0 radical (unpaired) electrons. The minimum atomic E-state index is -1.16. The lowest BCUT2D eigenvalue weighted by Crippen LogP contribution is -2.36. The SMILES string of the molecule is CC1=NN(c2ccc(Cl)c(C(=O)O)c2)C(=O)/C1=C/c1ccc(N2CCOCC2)cc1. The summed E-state index contributed by atoms with van der Waals surface area (Å²) in [7, 11) is 0. The van der Waals surface area contributed by atoms with Gasteiger partial charge in [0.05, 0.1) is 40.8 Å². The Morgan fingerprint density at radius 1 is 1.13 bits per heavy atom. The Morgan fingerprint density at radius 3 is 2.47 bits per heavy atom. The van der Waals surface area contributed by atoms with E-state index in [1.54, 1.807) is 19.1 Å². The van der Waals surface area contributed by atoms with Gasteiger partial charge in [-0.2, -0.15) is 10.1 Å². The van der Waals surface area contributed by atoms with Crippen molar-refractivity contribution >= 4 is 46.6 Å². The van der Waals surface area contributed by atoms with Gasteiger partial charge in [-0.3, -0.25) is 4.79 Å². The lowest BCUT2D eigenvalue weighted by atomic mass is 10.1. The second-order valence-corrected chi connectivity index (χ2v) is 7.43. The van der Waals surface area contributed by atoms with Gasteiger partial charge in [0.2, 0.25) is 0 Å². The van der Waals surface area contributed by atoms with E-state index in [-0.39, 0.29) is 16.5 Å². The van der Waals surface area contributed by atoms with E-state index in [4.69, 9.17) is 16.3 Å². The summed E-state index contributed by atoms with van der Waals surface area (Å²) in [5, 5.41) is 14.9. The third kappa shape index (κ3) is 3.94. The second-order valence-electron chi connectivity index (χ2n) is 7.02. The van der Waals surface area contributed by atoms with Crippen LogP contribution in [0.15, 0.2) is 53.1 Å². The number of rotatable bonds is 4. The predicted molar refractivity (Wildman–Crippen MR) is 116 cm³/mol. The number of hydrazone groups is 1. The topological polar surface area (TPSA) is 82.4 Å². The summed E-state index contributed by atoms with van der Waals surface area (Å²) in [5.41, 5.74) is 3.30. The Morgan fingerprint density at radius 2 is 1.80 bits per heavy atom. The van der Waals surface area contributed by atoms with Crippen LogP contribution < -0.4 is 9.91 Å². The number of morpholine rings is 1. The highest BCUT2D eigenvalue weighted by molar-refractivity contribution is 6.34. The molecule has 0 aromatic heterocycles. The second kappa shape index (κ2) is 8.30. The molecule has 1 fully saturated rings. The van der Waals surface area contributed by atoms with Crippen LogP contribution in [-0.2, 0) is 9.53 Å². The first-order chi connectivity index (χ1) is 14.4. The highest BCUT2D eigenvalue weighted by Crippen LogP contribution is 2.29. The third-order valence-corrected chi connectivity index (χ3v) is 5.40. The van der Waals surface area contributed by atoms with Crippen LogP contribution in [0.25, 0.3) is 6.08 Å². The zero-order valence-corrected chi connectivity index (χ0v) is 17.1. The molecular weight excluding hydrogens is 406 g/mol. The summed E-state index contributed by atoms with van der Waals surface area (Å²) in [6.07, 6.45) is 1.79. The van der Waals surface area contributed by atoms with Gasteiger partial charge in [-0.1, -0.05) is 23.7 Å². The quantitative estimate of drug-likeness (QED) is 0.755. The molecule has 2 aliphatic heterocycles. The van der Waals surface area contributed by atoms with Crippen molar-refractivity contribution in [2.45, 2.75) is 6.92 Å². The molecule has 1 amide bonds. The fourth-order valence-electron chi connectivity index (χ4n) is 3.44. The number of carbonyl (C=O) groups excluding carboxylic acids is 1. The number of hydrogen-bond acceptors (Lipinski definition) is 5. The van der Waals surface area contributed by atoms with Gasteiger partial charge in [0.1, 0.15) is 0 Å². The number of carboxylic acid groups (broad SMARTS) is 1. The van der Waals surface area contributed by atoms with Crippen LogP contribution in [-0.4, -0.2) is 49.0 Å². The maximum Gasteiger partial charge on any atom is 0.337 e. The minimum Gasteiger partial charge on any atom is -0.478 e. The van der Waals surface area contributed by atoms with Crippen LogP contribution >= 0.6 is 11.6 Å². The van der Waals surface area contributed by atoms with Gasteiger partial charge in [-0.05, 0) is 48.9 Å². The first-order valence-corrected chi connectivity index (χ1v) is 9.89. The number of benzene rings is 2. The lowest BCUT2D eigenvalue weighted by molar-refractivity contribution is -0.114. The molecule has 0 unspecified atom stereocenters. The molecule has 0 bridgehead atoms. The van der Waals surface area contributed by atoms with Gasteiger partial charge in [0.15, 0.2) is 0 Å². The Kier molecular flexibility index (Phi) is 5.57. The zero-order chi connectivity index (χ0) is 21.3. The van der Waals surface area contributed by atoms with E-state index in [2.05, 4.69) is 10.0 Å². The van der Waals surface area contributed by atoms with Crippen molar-refractivity contribution in [3.63, 3.8) is 0 Å². The van der Waals surface area contributed by atoms with Crippen molar-refractivity contribution in [2.75, 3.05) is 36.2 Å². The maximum absolute atomic E-state index is 12.9. The molecular formula is C22H20ClN3O4. The van der Waals surface area contributed by atoms with Crippen LogP contribution in [0, 0.1) is 0 Å². The molecule has 0 aliphatic carbocycles. The van der Waals surface area contributed by atoms with E-state index in [0.29, 0.717) is 17.0 Å². The van der Waals surface area contributed by atoms with Gasteiger partial charge in [-0.25, -0.2) is 4.79 Å². The molecule has 154 valence electrons. The van der Waals surface area contributed by atoms with Gasteiger partial charge in [0, 0.05) is 18.8 Å². The summed E-state index contributed by atoms with van der Waals surface area (Å²) < 4.78 is 5.38.